The third kappa shape index (κ3) is 5.83. The maximum Gasteiger partial charge on any atom is 0.245 e. The van der Waals surface area contributed by atoms with Gasteiger partial charge in [0, 0.05) is 24.7 Å². The number of hydrogen-bond acceptors (Lipinski definition) is 3. The molecule has 2 fully saturated rings. The van der Waals surface area contributed by atoms with Crippen molar-refractivity contribution in [2.45, 2.75) is 64.8 Å². The van der Waals surface area contributed by atoms with Crippen molar-refractivity contribution in [1.29, 1.82) is 0 Å². The van der Waals surface area contributed by atoms with E-state index in [1.165, 1.54) is 6.42 Å². The van der Waals surface area contributed by atoms with Crippen molar-refractivity contribution < 1.29 is 14.4 Å². The van der Waals surface area contributed by atoms with E-state index in [4.69, 9.17) is 0 Å². The molecule has 6 heteroatoms. The number of piperidine rings is 1. The first-order chi connectivity index (χ1) is 14.5. The topological polar surface area (TPSA) is 78.5 Å². The van der Waals surface area contributed by atoms with E-state index in [1.807, 2.05) is 44.2 Å². The highest BCUT2D eigenvalue weighted by atomic mass is 16.2. The molecule has 6 nitrogen and oxygen atoms in total. The summed E-state index contributed by atoms with van der Waals surface area (Å²) in [6.45, 7) is 4.97. The van der Waals surface area contributed by atoms with Crippen LogP contribution in [0.3, 0.4) is 0 Å². The molecule has 164 valence electrons. The molecule has 1 saturated heterocycles. The van der Waals surface area contributed by atoms with Gasteiger partial charge >= 0.3 is 0 Å². The zero-order valence-corrected chi connectivity index (χ0v) is 18.2. The van der Waals surface area contributed by atoms with Crippen LogP contribution in [0.25, 0.3) is 0 Å². The number of nitrogens with zero attached hydrogens (tertiary/aromatic N) is 1. The molecule has 2 N–H and O–H groups in total. The van der Waals surface area contributed by atoms with Crippen LogP contribution in [0.1, 0.15) is 58.8 Å². The van der Waals surface area contributed by atoms with Crippen LogP contribution in [0.4, 0.5) is 5.69 Å². The number of amides is 3. The normalized spacial score (nSPS) is 21.2. The van der Waals surface area contributed by atoms with E-state index < -0.39 is 6.04 Å². The Bertz CT molecular complexity index is 728. The van der Waals surface area contributed by atoms with E-state index in [9.17, 15) is 14.4 Å². The molecular weight excluding hydrogens is 378 g/mol. The van der Waals surface area contributed by atoms with E-state index in [-0.39, 0.29) is 35.5 Å². The predicted octanol–water partition coefficient (Wildman–Crippen LogP) is 3.58. The van der Waals surface area contributed by atoms with Crippen molar-refractivity contribution in [3.63, 3.8) is 0 Å². The van der Waals surface area contributed by atoms with Gasteiger partial charge < -0.3 is 15.5 Å². The van der Waals surface area contributed by atoms with Gasteiger partial charge in [-0.1, -0.05) is 51.3 Å². The van der Waals surface area contributed by atoms with Crippen molar-refractivity contribution in [3.8, 4) is 0 Å². The van der Waals surface area contributed by atoms with E-state index in [2.05, 4.69) is 10.6 Å². The van der Waals surface area contributed by atoms with Gasteiger partial charge in [-0.25, -0.2) is 0 Å². The largest absolute Gasteiger partial charge is 0.344 e. The van der Waals surface area contributed by atoms with Gasteiger partial charge in [-0.15, -0.1) is 0 Å². The van der Waals surface area contributed by atoms with E-state index >= 15 is 0 Å². The van der Waals surface area contributed by atoms with E-state index in [0.717, 1.165) is 44.2 Å². The monoisotopic (exact) mass is 413 g/mol. The molecule has 3 amide bonds. The lowest BCUT2D eigenvalue weighted by Gasteiger charge is -2.36. The molecule has 1 aliphatic heterocycles. The molecule has 1 aromatic rings. The highest BCUT2D eigenvalue weighted by Crippen LogP contribution is 2.25. The minimum atomic E-state index is -0.532. The van der Waals surface area contributed by atoms with Crippen molar-refractivity contribution in [2.75, 3.05) is 18.4 Å². The molecule has 1 aliphatic carbocycles. The van der Waals surface area contributed by atoms with Crippen LogP contribution >= 0.6 is 0 Å². The smallest absolute Gasteiger partial charge is 0.245 e. The molecule has 0 aromatic heterocycles. The number of likely N-dealkylation sites (tertiary alicyclic amines) is 1. The fraction of sp³-hybridized carbons (Fsp3) is 0.625. The Hall–Kier alpha value is -2.37. The lowest BCUT2D eigenvalue weighted by Crippen LogP contribution is -2.55. The Morgan fingerprint density at radius 1 is 0.900 bits per heavy atom. The maximum atomic E-state index is 13.3. The molecule has 0 unspecified atom stereocenters. The SMILES string of the molecule is CC(C)[C@H](NC(=O)C1CCCCC1)C(=O)N1CCC[C@H](C(=O)Nc2ccccc2)C1. The van der Waals surface area contributed by atoms with Crippen molar-refractivity contribution in [3.05, 3.63) is 30.3 Å². The molecular formula is C24H35N3O3. The van der Waals surface area contributed by atoms with Gasteiger partial charge in [-0.05, 0) is 43.7 Å². The molecule has 0 bridgehead atoms. The summed E-state index contributed by atoms with van der Waals surface area (Å²) in [7, 11) is 0. The summed E-state index contributed by atoms with van der Waals surface area (Å²) in [4.78, 5) is 40.5. The van der Waals surface area contributed by atoms with Crippen molar-refractivity contribution in [1.82, 2.24) is 10.2 Å². The lowest BCUT2D eigenvalue weighted by atomic mass is 9.88. The second kappa shape index (κ2) is 10.6. The molecule has 1 heterocycles. The summed E-state index contributed by atoms with van der Waals surface area (Å²) >= 11 is 0. The summed E-state index contributed by atoms with van der Waals surface area (Å²) in [5, 5.41) is 5.99. The zero-order chi connectivity index (χ0) is 21.5. The van der Waals surface area contributed by atoms with Crippen LogP contribution in [-0.2, 0) is 14.4 Å². The number of hydrogen-bond donors (Lipinski definition) is 2. The number of rotatable bonds is 6. The summed E-state index contributed by atoms with van der Waals surface area (Å²) in [5.41, 5.74) is 0.769. The van der Waals surface area contributed by atoms with Gasteiger partial charge in [0.25, 0.3) is 0 Å². The van der Waals surface area contributed by atoms with Crippen LogP contribution in [0.15, 0.2) is 30.3 Å². The number of carbonyl (C=O) groups is 3. The molecule has 0 radical (unpaired) electrons. The van der Waals surface area contributed by atoms with Crippen LogP contribution in [0.2, 0.25) is 0 Å². The van der Waals surface area contributed by atoms with Gasteiger partial charge in [0.05, 0.1) is 5.92 Å². The highest BCUT2D eigenvalue weighted by molar-refractivity contribution is 5.94. The molecule has 0 spiro atoms. The minimum Gasteiger partial charge on any atom is -0.344 e. The third-order valence-corrected chi connectivity index (χ3v) is 6.35. The van der Waals surface area contributed by atoms with E-state index in [0.29, 0.717) is 13.1 Å². The Balaban J connectivity index is 1.60. The second-order valence-corrected chi connectivity index (χ2v) is 9.04. The van der Waals surface area contributed by atoms with Gasteiger partial charge in [-0.2, -0.15) is 0 Å². The molecule has 2 aliphatic rings. The summed E-state index contributed by atoms with van der Waals surface area (Å²) < 4.78 is 0. The predicted molar refractivity (Wildman–Crippen MR) is 118 cm³/mol. The first-order valence-corrected chi connectivity index (χ1v) is 11.4. The lowest BCUT2D eigenvalue weighted by molar-refractivity contribution is -0.141. The van der Waals surface area contributed by atoms with Crippen LogP contribution in [0.5, 0.6) is 0 Å². The summed E-state index contributed by atoms with van der Waals surface area (Å²) in [5.74, 6) is -0.304. The molecule has 1 saturated carbocycles. The maximum absolute atomic E-state index is 13.3. The molecule has 2 atom stereocenters. The van der Waals surface area contributed by atoms with Crippen molar-refractivity contribution in [2.24, 2.45) is 17.8 Å². The average molecular weight is 414 g/mol. The Kier molecular flexibility index (Phi) is 7.88. The molecule has 30 heavy (non-hydrogen) atoms. The van der Waals surface area contributed by atoms with Gasteiger partial charge in [0.15, 0.2) is 0 Å². The Labute approximate surface area is 179 Å². The third-order valence-electron chi connectivity index (χ3n) is 6.35. The highest BCUT2D eigenvalue weighted by Gasteiger charge is 2.35. The molecule has 3 rings (SSSR count). The Morgan fingerprint density at radius 3 is 2.23 bits per heavy atom. The first-order valence-electron chi connectivity index (χ1n) is 11.4. The Morgan fingerprint density at radius 2 is 1.57 bits per heavy atom. The standard InChI is InChI=1S/C24H35N3O3/c1-17(2)21(26-22(28)18-10-5-3-6-11-18)24(30)27-15-9-12-19(16-27)23(29)25-20-13-7-4-8-14-20/h4,7-8,13-14,17-19,21H,3,5-6,9-12,15-16H2,1-2H3,(H,25,29)(H,26,28)/t19-,21-/m0/s1. The van der Waals surface area contributed by atoms with Crippen LogP contribution in [0, 0.1) is 17.8 Å². The minimum absolute atomic E-state index is 0.00330. The zero-order valence-electron chi connectivity index (χ0n) is 18.2. The van der Waals surface area contributed by atoms with Gasteiger partial charge in [0.1, 0.15) is 6.04 Å². The quantitative estimate of drug-likeness (QED) is 0.748. The second-order valence-electron chi connectivity index (χ2n) is 9.04. The number of para-hydroxylation sites is 1. The summed E-state index contributed by atoms with van der Waals surface area (Å²) in [6.07, 6.45) is 6.75. The van der Waals surface area contributed by atoms with Gasteiger partial charge in [0.2, 0.25) is 17.7 Å². The first kappa shape index (κ1) is 22.3. The van der Waals surface area contributed by atoms with E-state index in [1.54, 1.807) is 4.90 Å². The van der Waals surface area contributed by atoms with Gasteiger partial charge in [-0.3, -0.25) is 14.4 Å². The number of anilines is 1. The number of benzene rings is 1. The van der Waals surface area contributed by atoms with Crippen LogP contribution in [-0.4, -0.2) is 41.8 Å². The average Bonchev–Trinajstić information content (AvgIpc) is 2.78. The number of carbonyl (C=O) groups excluding carboxylic acids is 3. The number of nitrogens with one attached hydrogen (secondary N) is 2. The van der Waals surface area contributed by atoms with Crippen molar-refractivity contribution >= 4 is 23.4 Å². The van der Waals surface area contributed by atoms with Crippen LogP contribution < -0.4 is 10.6 Å². The fourth-order valence-corrected chi connectivity index (χ4v) is 4.50. The molecule has 1 aromatic carbocycles. The fourth-order valence-electron chi connectivity index (χ4n) is 4.50. The summed E-state index contributed by atoms with van der Waals surface area (Å²) in [6, 6.07) is 8.86.